The van der Waals surface area contributed by atoms with Gasteiger partial charge in [-0.25, -0.2) is 0 Å². The van der Waals surface area contributed by atoms with Gasteiger partial charge in [0.2, 0.25) is 0 Å². The van der Waals surface area contributed by atoms with Gasteiger partial charge in [0.1, 0.15) is 0 Å². The second-order valence-corrected chi connectivity index (χ2v) is 7.05. The van der Waals surface area contributed by atoms with Crippen molar-refractivity contribution < 1.29 is 43.6 Å². The van der Waals surface area contributed by atoms with E-state index in [0.29, 0.717) is 31.9 Å². The van der Waals surface area contributed by atoms with Crippen molar-refractivity contribution in [3.63, 3.8) is 0 Å². The van der Waals surface area contributed by atoms with E-state index in [2.05, 4.69) is 26.8 Å². The fraction of sp³-hybridized carbons (Fsp3) is 0.400. The van der Waals surface area contributed by atoms with Crippen molar-refractivity contribution in [3.8, 4) is 5.75 Å². The van der Waals surface area contributed by atoms with Crippen molar-refractivity contribution in [3.05, 3.63) is 23.8 Å². The molecule has 0 atom stereocenters. The van der Waals surface area contributed by atoms with Crippen LogP contribution < -0.4 is 15.5 Å². The van der Waals surface area contributed by atoms with Gasteiger partial charge in [-0.2, -0.15) is 0 Å². The predicted octanol–water partition coefficient (Wildman–Crippen LogP) is -1.13. The first kappa shape index (κ1) is 13.2. The molecule has 68 valence electrons. The number of hydrogen-bond donors (Lipinski definition) is 1. The molecule has 1 rings (SSSR count). The standard InChI is InChI=1S/C10H13O.ClH.Hg/c1-10(2,3)8-4-6-9(11)7-5-8;;/h4-6,11H,1-3H3;1H;/q;;+1/p-1. The molecular formula is C10H13ClHgO. The second kappa shape index (κ2) is 4.65. The Bertz CT molecular complexity index is 291. The molecule has 1 aromatic rings. The summed E-state index contributed by atoms with van der Waals surface area (Å²) in [5, 5.41) is 9.36. The first-order valence-corrected chi connectivity index (χ1v) is 6.81. The third-order valence-corrected chi connectivity index (χ3v) is 4.15. The van der Waals surface area contributed by atoms with Crippen molar-refractivity contribution in [2.45, 2.75) is 26.2 Å². The molecule has 13 heavy (non-hydrogen) atoms. The zero-order valence-electron chi connectivity index (χ0n) is 8.26. The Labute approximate surface area is 102 Å². The molecule has 0 fully saturated rings. The van der Waals surface area contributed by atoms with Gasteiger partial charge < -0.3 is 12.4 Å². The van der Waals surface area contributed by atoms with Gasteiger partial charge in [-0.15, -0.1) is 0 Å². The summed E-state index contributed by atoms with van der Waals surface area (Å²) in [7, 11) is 0. The van der Waals surface area contributed by atoms with E-state index in [1.54, 1.807) is 0 Å². The van der Waals surface area contributed by atoms with Crippen LogP contribution in [-0.4, -0.2) is 5.11 Å². The Morgan fingerprint density at radius 2 is 1.77 bits per heavy atom. The Morgan fingerprint density at radius 3 is 2.15 bits per heavy atom. The second-order valence-electron chi connectivity index (χ2n) is 4.09. The van der Waals surface area contributed by atoms with Crippen molar-refractivity contribution in [1.29, 1.82) is 0 Å². The van der Waals surface area contributed by atoms with Crippen LogP contribution in [0.4, 0.5) is 0 Å². The Kier molecular flexibility index (Phi) is 4.74. The Hall–Kier alpha value is 0.245. The fourth-order valence-electron chi connectivity index (χ4n) is 1.05. The number of phenolic OH excluding ortho intramolecular Hbond substituents is 1. The zero-order valence-corrected chi connectivity index (χ0v) is 14.5. The Balaban J connectivity index is 0.00000144. The van der Waals surface area contributed by atoms with Crippen molar-refractivity contribution in [1.82, 2.24) is 0 Å². The summed E-state index contributed by atoms with van der Waals surface area (Å²) in [6, 6.07) is 5.94. The first-order valence-electron chi connectivity index (χ1n) is 4.07. The molecule has 0 bridgehead atoms. The van der Waals surface area contributed by atoms with E-state index in [9.17, 15) is 5.11 Å². The summed E-state index contributed by atoms with van der Waals surface area (Å²) in [6.45, 7) is 6.56. The molecular weight excluding hydrogens is 372 g/mol. The van der Waals surface area contributed by atoms with Crippen LogP contribution in [0.25, 0.3) is 0 Å². The van der Waals surface area contributed by atoms with Crippen LogP contribution in [0.3, 0.4) is 0 Å². The smallest absolute Gasteiger partial charge is 1.00 e. The molecule has 0 heterocycles. The molecule has 0 saturated heterocycles. The van der Waals surface area contributed by atoms with Crippen LogP contribution in [0.5, 0.6) is 5.75 Å². The number of benzene rings is 1. The topological polar surface area (TPSA) is 20.2 Å². The Morgan fingerprint density at radius 1 is 1.23 bits per heavy atom. The van der Waals surface area contributed by atoms with E-state index in [1.807, 2.05) is 12.1 Å². The summed E-state index contributed by atoms with van der Waals surface area (Å²) in [4.78, 5) is 0. The van der Waals surface area contributed by atoms with E-state index >= 15 is 0 Å². The molecule has 1 nitrogen and oxygen atoms in total. The van der Waals surface area contributed by atoms with Crippen LogP contribution in [0.15, 0.2) is 18.2 Å². The number of rotatable bonds is 0. The van der Waals surface area contributed by atoms with Crippen molar-refractivity contribution in [2.75, 3.05) is 0 Å². The molecule has 0 aliphatic heterocycles. The van der Waals surface area contributed by atoms with E-state index in [4.69, 9.17) is 0 Å². The van der Waals surface area contributed by atoms with Gasteiger partial charge in [-0.3, -0.25) is 0 Å². The van der Waals surface area contributed by atoms with E-state index in [1.165, 1.54) is 5.56 Å². The normalized spacial score (nSPS) is 10.8. The molecule has 0 aliphatic rings. The van der Waals surface area contributed by atoms with Gasteiger partial charge in [0, 0.05) is 0 Å². The van der Waals surface area contributed by atoms with Crippen LogP contribution in [-0.2, 0) is 31.5 Å². The molecule has 1 N–H and O–H groups in total. The number of aromatic hydroxyl groups is 1. The molecule has 3 heteroatoms. The molecule has 0 aliphatic carbocycles. The van der Waals surface area contributed by atoms with E-state index in [-0.39, 0.29) is 17.8 Å². The molecule has 0 radical (unpaired) electrons. The van der Waals surface area contributed by atoms with Gasteiger partial charge >= 0.3 is 90.0 Å². The SMILES string of the molecule is CC(C)(C)c1ccc(O)[c]([Hg+])c1.[Cl-]. The number of hydrogen-bond acceptors (Lipinski definition) is 1. The largest absolute Gasteiger partial charge is 1.00 e. The average Bonchev–Trinajstić information content (AvgIpc) is 1.92. The molecule has 0 aromatic heterocycles. The van der Waals surface area contributed by atoms with Gasteiger partial charge in [0.05, 0.1) is 0 Å². The van der Waals surface area contributed by atoms with Crippen LogP contribution in [0.2, 0.25) is 0 Å². The maximum Gasteiger partial charge on any atom is -1.00 e. The fourth-order valence-corrected chi connectivity index (χ4v) is 2.37. The summed E-state index contributed by atoms with van der Waals surface area (Å²) in [6.07, 6.45) is 0. The van der Waals surface area contributed by atoms with Crippen LogP contribution >= 0.6 is 0 Å². The van der Waals surface area contributed by atoms with Crippen molar-refractivity contribution >= 4 is 3.07 Å². The zero-order chi connectivity index (χ0) is 9.35. The monoisotopic (exact) mass is 386 g/mol. The van der Waals surface area contributed by atoms with Gasteiger partial charge in [0.15, 0.2) is 0 Å². The third-order valence-electron chi connectivity index (χ3n) is 1.95. The molecule has 0 saturated carbocycles. The maximum atomic E-state index is 9.36. The third kappa shape index (κ3) is 3.47. The van der Waals surface area contributed by atoms with Gasteiger partial charge in [-0.05, 0) is 0 Å². The minimum absolute atomic E-state index is 0. The quantitative estimate of drug-likeness (QED) is 0.561. The van der Waals surface area contributed by atoms with E-state index in [0.717, 1.165) is 3.07 Å². The maximum absolute atomic E-state index is 9.36. The summed E-state index contributed by atoms with van der Waals surface area (Å²) in [5.74, 6) is 0.464. The molecule has 0 unspecified atom stereocenters. The first-order chi connectivity index (χ1) is 5.41. The summed E-state index contributed by atoms with van der Waals surface area (Å²) in [5.41, 5.74) is 1.51. The summed E-state index contributed by atoms with van der Waals surface area (Å²) >= 11 is 0.503. The van der Waals surface area contributed by atoms with Gasteiger partial charge in [-0.1, -0.05) is 0 Å². The van der Waals surface area contributed by atoms with Gasteiger partial charge in [0.25, 0.3) is 0 Å². The number of halogens is 1. The van der Waals surface area contributed by atoms with Crippen LogP contribution in [0.1, 0.15) is 26.3 Å². The minimum Gasteiger partial charge on any atom is -1.00 e. The van der Waals surface area contributed by atoms with Crippen LogP contribution in [0, 0.1) is 0 Å². The predicted molar refractivity (Wildman–Crippen MR) is 46.4 cm³/mol. The minimum atomic E-state index is 0. The summed E-state index contributed by atoms with van der Waals surface area (Å²) < 4.78 is 1.14. The molecule has 1 aromatic carbocycles. The average molecular weight is 385 g/mol. The molecule has 0 amide bonds. The van der Waals surface area contributed by atoms with E-state index < -0.39 is 0 Å². The molecule has 0 spiro atoms. The van der Waals surface area contributed by atoms with Crippen molar-refractivity contribution in [2.24, 2.45) is 0 Å². The number of phenols is 1.